The van der Waals surface area contributed by atoms with E-state index in [9.17, 15) is 9.59 Å². The third-order valence-corrected chi connectivity index (χ3v) is 4.96. The number of nitrogens with zero attached hydrogens (tertiary/aromatic N) is 2. The first-order valence-corrected chi connectivity index (χ1v) is 9.43. The minimum absolute atomic E-state index is 0.163. The molecule has 0 saturated heterocycles. The molecule has 5 nitrogen and oxygen atoms in total. The van der Waals surface area contributed by atoms with Gasteiger partial charge in [-0.05, 0) is 60.7 Å². The molecule has 0 aliphatic heterocycles. The van der Waals surface area contributed by atoms with Gasteiger partial charge in [0.1, 0.15) is 0 Å². The zero-order chi connectivity index (χ0) is 20.4. The molecule has 4 rings (SSSR count). The average molecular weight is 383 g/mol. The Morgan fingerprint density at radius 3 is 2.62 bits per heavy atom. The average Bonchev–Trinajstić information content (AvgIpc) is 2.73. The maximum atomic E-state index is 13.3. The smallest absolute Gasteiger partial charge is 0.260 e. The molecule has 0 spiro atoms. The van der Waals surface area contributed by atoms with Gasteiger partial charge in [-0.25, -0.2) is 0 Å². The van der Waals surface area contributed by atoms with Gasteiger partial charge in [0, 0.05) is 23.6 Å². The van der Waals surface area contributed by atoms with Crippen molar-refractivity contribution in [2.24, 2.45) is 0 Å². The molecular formula is C24H21N3O2. The SMILES string of the molecule is Cc1cccc(N(Cc2cc3cccc(C)c3[nH]c2=O)C(=O)c2cccnc2)c1. The van der Waals surface area contributed by atoms with Crippen molar-refractivity contribution in [3.05, 3.63) is 106 Å². The molecule has 4 aromatic rings. The van der Waals surface area contributed by atoms with Crippen LogP contribution in [0.4, 0.5) is 5.69 Å². The van der Waals surface area contributed by atoms with Gasteiger partial charge in [0.25, 0.3) is 11.5 Å². The Bertz CT molecular complexity index is 1250. The summed E-state index contributed by atoms with van der Waals surface area (Å²) >= 11 is 0. The number of pyridine rings is 2. The highest BCUT2D eigenvalue weighted by molar-refractivity contribution is 6.05. The van der Waals surface area contributed by atoms with Crippen molar-refractivity contribution in [1.82, 2.24) is 9.97 Å². The van der Waals surface area contributed by atoms with Crippen LogP contribution in [-0.4, -0.2) is 15.9 Å². The van der Waals surface area contributed by atoms with E-state index in [0.29, 0.717) is 11.1 Å². The highest BCUT2D eigenvalue weighted by Gasteiger charge is 2.20. The summed E-state index contributed by atoms with van der Waals surface area (Å²) < 4.78 is 0. The number of rotatable bonds is 4. The van der Waals surface area contributed by atoms with E-state index in [0.717, 1.165) is 27.7 Å². The van der Waals surface area contributed by atoms with E-state index >= 15 is 0 Å². The van der Waals surface area contributed by atoms with Gasteiger partial charge in [0.15, 0.2) is 0 Å². The molecule has 0 fully saturated rings. The number of benzene rings is 2. The molecule has 0 aliphatic carbocycles. The zero-order valence-electron chi connectivity index (χ0n) is 16.3. The van der Waals surface area contributed by atoms with Crippen LogP contribution in [0, 0.1) is 13.8 Å². The summed E-state index contributed by atoms with van der Waals surface area (Å²) in [4.78, 5) is 34.7. The molecule has 0 unspecified atom stereocenters. The van der Waals surface area contributed by atoms with Crippen LogP contribution in [0.15, 0.2) is 77.9 Å². The van der Waals surface area contributed by atoms with Crippen molar-refractivity contribution in [3.8, 4) is 0 Å². The van der Waals surface area contributed by atoms with E-state index in [-0.39, 0.29) is 18.0 Å². The predicted molar refractivity (Wildman–Crippen MR) is 115 cm³/mol. The first kappa shape index (κ1) is 18.6. The summed E-state index contributed by atoms with van der Waals surface area (Å²) in [5.41, 5.74) is 4.42. The number of aryl methyl sites for hydroxylation is 2. The number of carbonyl (C=O) groups excluding carboxylic acids is 1. The largest absolute Gasteiger partial charge is 0.321 e. The number of para-hydroxylation sites is 1. The lowest BCUT2D eigenvalue weighted by atomic mass is 10.1. The molecule has 2 aromatic heterocycles. The van der Waals surface area contributed by atoms with Crippen LogP contribution >= 0.6 is 0 Å². The summed E-state index contributed by atoms with van der Waals surface area (Å²) in [6.45, 7) is 4.10. The molecule has 144 valence electrons. The highest BCUT2D eigenvalue weighted by Crippen LogP contribution is 2.22. The number of carbonyl (C=O) groups is 1. The van der Waals surface area contributed by atoms with Gasteiger partial charge in [0.05, 0.1) is 17.6 Å². The van der Waals surface area contributed by atoms with Crippen LogP contribution in [0.5, 0.6) is 0 Å². The van der Waals surface area contributed by atoms with Crippen LogP contribution in [0.25, 0.3) is 10.9 Å². The zero-order valence-corrected chi connectivity index (χ0v) is 16.3. The van der Waals surface area contributed by atoms with Gasteiger partial charge in [-0.3, -0.25) is 14.6 Å². The first-order valence-electron chi connectivity index (χ1n) is 9.43. The second-order valence-electron chi connectivity index (χ2n) is 7.13. The predicted octanol–water partition coefficient (Wildman–Crippen LogP) is 4.39. The minimum Gasteiger partial charge on any atom is -0.321 e. The van der Waals surface area contributed by atoms with Crippen LogP contribution in [0.1, 0.15) is 27.0 Å². The van der Waals surface area contributed by atoms with Crippen LogP contribution in [0.3, 0.4) is 0 Å². The van der Waals surface area contributed by atoms with Crippen molar-refractivity contribution < 1.29 is 4.79 Å². The van der Waals surface area contributed by atoms with E-state index < -0.39 is 0 Å². The van der Waals surface area contributed by atoms with Crippen LogP contribution < -0.4 is 10.5 Å². The molecule has 0 saturated carbocycles. The number of H-pyrrole nitrogens is 1. The number of aromatic nitrogens is 2. The third kappa shape index (κ3) is 3.80. The van der Waals surface area contributed by atoms with Gasteiger partial charge in [0.2, 0.25) is 0 Å². The van der Waals surface area contributed by atoms with Gasteiger partial charge < -0.3 is 9.88 Å². The molecule has 1 N–H and O–H groups in total. The standard InChI is InChI=1S/C24H21N3O2/c1-16-6-3-10-21(12-16)27(24(29)19-9-5-11-25-14-19)15-20-13-18-8-4-7-17(2)22(18)26-23(20)28/h3-14H,15H2,1-2H3,(H,26,28). The lowest BCUT2D eigenvalue weighted by Crippen LogP contribution is -2.33. The maximum Gasteiger partial charge on any atom is 0.260 e. The first-order chi connectivity index (χ1) is 14.0. The van der Waals surface area contributed by atoms with E-state index in [1.54, 1.807) is 29.4 Å². The second kappa shape index (κ2) is 7.72. The fraction of sp³-hybridized carbons (Fsp3) is 0.125. The quantitative estimate of drug-likeness (QED) is 0.568. The van der Waals surface area contributed by atoms with E-state index in [2.05, 4.69) is 9.97 Å². The normalized spacial score (nSPS) is 10.8. The maximum absolute atomic E-state index is 13.3. The van der Waals surface area contributed by atoms with Crippen molar-refractivity contribution >= 4 is 22.5 Å². The van der Waals surface area contributed by atoms with Crippen LogP contribution in [-0.2, 0) is 6.54 Å². The lowest BCUT2D eigenvalue weighted by molar-refractivity contribution is 0.0984. The number of amides is 1. The molecule has 29 heavy (non-hydrogen) atoms. The second-order valence-corrected chi connectivity index (χ2v) is 7.13. The summed E-state index contributed by atoms with van der Waals surface area (Å²) in [5, 5.41) is 0.942. The molecule has 0 atom stereocenters. The Morgan fingerprint density at radius 1 is 1.03 bits per heavy atom. The van der Waals surface area contributed by atoms with Crippen molar-refractivity contribution in [3.63, 3.8) is 0 Å². The molecule has 0 aliphatic rings. The van der Waals surface area contributed by atoms with E-state index in [4.69, 9.17) is 0 Å². The molecule has 0 radical (unpaired) electrons. The Labute approximate surface area is 168 Å². The molecular weight excluding hydrogens is 362 g/mol. The van der Waals surface area contributed by atoms with Gasteiger partial charge in [-0.1, -0.05) is 30.3 Å². The fourth-order valence-electron chi connectivity index (χ4n) is 3.44. The summed E-state index contributed by atoms with van der Waals surface area (Å²) in [6.07, 6.45) is 3.17. The third-order valence-electron chi connectivity index (χ3n) is 4.96. The Balaban J connectivity index is 1.80. The van der Waals surface area contributed by atoms with Gasteiger partial charge in [-0.15, -0.1) is 0 Å². The Kier molecular flexibility index (Phi) is 4.96. The number of fused-ring (bicyclic) bond motifs is 1. The fourth-order valence-corrected chi connectivity index (χ4v) is 3.44. The number of aromatic amines is 1. The van der Waals surface area contributed by atoms with Gasteiger partial charge in [-0.2, -0.15) is 0 Å². The number of hydrogen-bond acceptors (Lipinski definition) is 3. The van der Waals surface area contributed by atoms with Crippen molar-refractivity contribution in [2.75, 3.05) is 4.90 Å². The molecule has 1 amide bonds. The van der Waals surface area contributed by atoms with E-state index in [1.807, 2.05) is 62.4 Å². The van der Waals surface area contributed by atoms with Gasteiger partial charge >= 0.3 is 0 Å². The summed E-state index contributed by atoms with van der Waals surface area (Å²) in [5.74, 6) is -0.201. The molecule has 2 heterocycles. The summed E-state index contributed by atoms with van der Waals surface area (Å²) in [6, 6.07) is 18.9. The monoisotopic (exact) mass is 383 g/mol. The van der Waals surface area contributed by atoms with E-state index in [1.165, 1.54) is 0 Å². The number of nitrogens with one attached hydrogen (secondary N) is 1. The Hall–Kier alpha value is -3.73. The lowest BCUT2D eigenvalue weighted by Gasteiger charge is -2.23. The van der Waals surface area contributed by atoms with Crippen molar-refractivity contribution in [2.45, 2.75) is 20.4 Å². The molecule has 0 bridgehead atoms. The van der Waals surface area contributed by atoms with Crippen LogP contribution in [0.2, 0.25) is 0 Å². The number of anilines is 1. The molecule has 2 aromatic carbocycles. The molecule has 5 heteroatoms. The van der Waals surface area contributed by atoms with Crippen molar-refractivity contribution in [1.29, 1.82) is 0 Å². The topological polar surface area (TPSA) is 66.1 Å². The Morgan fingerprint density at radius 2 is 1.86 bits per heavy atom. The summed E-state index contributed by atoms with van der Waals surface area (Å²) in [7, 11) is 0. The minimum atomic E-state index is -0.201. The highest BCUT2D eigenvalue weighted by atomic mass is 16.2. The number of hydrogen-bond donors (Lipinski definition) is 1.